The number of benzene rings is 1. The lowest BCUT2D eigenvalue weighted by atomic mass is 9.85. The lowest BCUT2D eigenvalue weighted by Gasteiger charge is -2.54. The van der Waals surface area contributed by atoms with Gasteiger partial charge in [0.15, 0.2) is 5.66 Å². The van der Waals surface area contributed by atoms with Gasteiger partial charge in [0, 0.05) is 49.0 Å². The molecule has 0 radical (unpaired) electrons. The number of phenols is 1. The number of piperazine rings is 1. The van der Waals surface area contributed by atoms with Gasteiger partial charge in [-0.05, 0) is 56.9 Å². The van der Waals surface area contributed by atoms with Crippen LogP contribution in [0.5, 0.6) is 5.75 Å². The Morgan fingerprint density at radius 1 is 1.23 bits per heavy atom. The number of nitrogens with zero attached hydrogens (tertiary/aromatic N) is 5. The van der Waals surface area contributed by atoms with Crippen LogP contribution in [0.25, 0.3) is 11.3 Å². The molecule has 0 aliphatic carbocycles. The van der Waals surface area contributed by atoms with E-state index in [2.05, 4.69) is 21.9 Å². The van der Waals surface area contributed by atoms with Crippen LogP contribution in [-0.4, -0.2) is 74.3 Å². The lowest BCUT2D eigenvalue weighted by molar-refractivity contribution is -0.130. The SMILES string of the molecule is C=CC(=O)N1CCN(C2(c3cccnc3SCC)NC(=O)N(C(C)C)c3nc(-c4c(O)cccc4F)c(F)cc32)C(C)C1. The molecule has 9 nitrogen and oxygen atoms in total. The summed E-state index contributed by atoms with van der Waals surface area (Å²) in [4.78, 5) is 41.0. The van der Waals surface area contributed by atoms with Gasteiger partial charge in [-0.15, -0.1) is 11.8 Å². The van der Waals surface area contributed by atoms with Crippen molar-refractivity contribution in [1.29, 1.82) is 0 Å². The molecule has 3 aromatic rings. The van der Waals surface area contributed by atoms with Crippen LogP contribution in [0.2, 0.25) is 0 Å². The van der Waals surface area contributed by atoms with Crippen LogP contribution >= 0.6 is 11.8 Å². The zero-order valence-electron chi connectivity index (χ0n) is 24.5. The quantitative estimate of drug-likeness (QED) is 0.284. The normalized spacial score (nSPS) is 20.6. The van der Waals surface area contributed by atoms with Crippen molar-refractivity contribution in [2.45, 2.75) is 50.5 Å². The minimum Gasteiger partial charge on any atom is -0.507 e. The predicted octanol–water partition coefficient (Wildman–Crippen LogP) is 5.10. The van der Waals surface area contributed by atoms with Gasteiger partial charge in [0.05, 0.1) is 5.56 Å². The molecule has 226 valence electrons. The van der Waals surface area contributed by atoms with E-state index in [0.717, 1.165) is 6.07 Å². The van der Waals surface area contributed by atoms with Crippen molar-refractivity contribution in [1.82, 2.24) is 25.1 Å². The summed E-state index contributed by atoms with van der Waals surface area (Å²) >= 11 is 1.48. The highest BCUT2D eigenvalue weighted by Gasteiger charge is 2.53. The minimum atomic E-state index is -1.45. The number of pyridine rings is 2. The van der Waals surface area contributed by atoms with Crippen molar-refractivity contribution in [3.8, 4) is 17.0 Å². The number of carbonyl (C=O) groups excluding carboxylic acids is 2. The molecule has 0 spiro atoms. The number of aromatic nitrogens is 2. The summed E-state index contributed by atoms with van der Waals surface area (Å²) in [5, 5.41) is 14.4. The fourth-order valence-corrected chi connectivity index (χ4v) is 6.79. The summed E-state index contributed by atoms with van der Waals surface area (Å²) in [6.07, 6.45) is 2.93. The molecule has 2 aliphatic rings. The molecule has 1 fully saturated rings. The molecular formula is C31H34F2N6O3S. The fourth-order valence-electron chi connectivity index (χ4n) is 6.01. The molecule has 0 saturated carbocycles. The predicted molar refractivity (Wildman–Crippen MR) is 162 cm³/mol. The van der Waals surface area contributed by atoms with Crippen LogP contribution in [-0.2, 0) is 10.5 Å². The number of nitrogens with one attached hydrogen (secondary N) is 1. The van der Waals surface area contributed by atoms with Crippen LogP contribution in [0.3, 0.4) is 0 Å². The minimum absolute atomic E-state index is 0.130. The van der Waals surface area contributed by atoms with Crippen LogP contribution < -0.4 is 10.2 Å². The standard InChI is InChI=1S/C31H34F2N6O3S/c1-6-25(41)37-14-15-38(19(5)17-37)31(20-10-9-13-34-29(20)43-7-2)21-16-23(33)27(26-22(32)11-8-12-24(26)40)35-28(21)39(18(3)4)30(42)36-31/h6,8-13,16,18-19,40H,1,7,14-15,17H2,2-5H3,(H,36,42). The maximum atomic E-state index is 16.3. The van der Waals surface area contributed by atoms with E-state index in [4.69, 9.17) is 0 Å². The number of anilines is 1. The van der Waals surface area contributed by atoms with Gasteiger partial charge in [-0.2, -0.15) is 0 Å². The first-order chi connectivity index (χ1) is 20.5. The fraction of sp³-hybridized carbons (Fsp3) is 0.355. The Hall–Kier alpha value is -4.03. The molecule has 4 heterocycles. The van der Waals surface area contributed by atoms with Crippen LogP contribution in [0.1, 0.15) is 38.8 Å². The Morgan fingerprint density at radius 2 is 2.00 bits per heavy atom. The zero-order valence-corrected chi connectivity index (χ0v) is 25.3. The maximum absolute atomic E-state index is 16.3. The first-order valence-corrected chi connectivity index (χ1v) is 15.1. The third-order valence-electron chi connectivity index (χ3n) is 7.81. The van der Waals surface area contributed by atoms with Gasteiger partial charge in [-0.3, -0.25) is 14.6 Å². The van der Waals surface area contributed by atoms with Gasteiger partial charge in [0.25, 0.3) is 0 Å². The summed E-state index contributed by atoms with van der Waals surface area (Å²) in [6.45, 7) is 12.1. The molecule has 2 N–H and O–H groups in total. The van der Waals surface area contributed by atoms with Gasteiger partial charge in [0.2, 0.25) is 5.91 Å². The Morgan fingerprint density at radius 3 is 2.65 bits per heavy atom. The summed E-state index contributed by atoms with van der Waals surface area (Å²) in [6, 6.07) is 7.35. The largest absolute Gasteiger partial charge is 0.507 e. The molecule has 3 amide bonds. The van der Waals surface area contributed by atoms with Gasteiger partial charge >= 0.3 is 6.03 Å². The van der Waals surface area contributed by atoms with E-state index >= 15 is 4.39 Å². The molecular weight excluding hydrogens is 574 g/mol. The van der Waals surface area contributed by atoms with Gasteiger partial charge in [0.1, 0.15) is 33.9 Å². The zero-order chi connectivity index (χ0) is 31.1. The molecule has 0 bridgehead atoms. The van der Waals surface area contributed by atoms with Gasteiger partial charge in [-0.1, -0.05) is 25.6 Å². The van der Waals surface area contributed by atoms with E-state index in [1.165, 1.54) is 40.9 Å². The molecule has 1 aromatic carbocycles. The topological polar surface area (TPSA) is 102 Å². The molecule has 2 aromatic heterocycles. The first-order valence-electron chi connectivity index (χ1n) is 14.1. The van der Waals surface area contributed by atoms with E-state index in [9.17, 15) is 19.1 Å². The summed E-state index contributed by atoms with van der Waals surface area (Å²) in [5.74, 6) is -1.57. The molecule has 43 heavy (non-hydrogen) atoms. The molecule has 2 aliphatic heterocycles. The second-order valence-corrected chi connectivity index (χ2v) is 12.0. The van der Waals surface area contributed by atoms with Crippen LogP contribution in [0.15, 0.2) is 60.3 Å². The number of urea groups is 1. The average Bonchev–Trinajstić information content (AvgIpc) is 2.97. The van der Waals surface area contributed by atoms with Crippen LogP contribution in [0.4, 0.5) is 19.4 Å². The van der Waals surface area contributed by atoms with Crippen molar-refractivity contribution < 1.29 is 23.5 Å². The number of hydrogen-bond acceptors (Lipinski definition) is 7. The highest BCUT2D eigenvalue weighted by molar-refractivity contribution is 7.99. The monoisotopic (exact) mass is 608 g/mol. The van der Waals surface area contributed by atoms with E-state index in [0.29, 0.717) is 41.5 Å². The number of thioether (sulfide) groups is 1. The summed E-state index contributed by atoms with van der Waals surface area (Å²) in [5.41, 5.74) is -1.29. The van der Waals surface area contributed by atoms with E-state index < -0.39 is 46.4 Å². The second-order valence-electron chi connectivity index (χ2n) is 10.7. The summed E-state index contributed by atoms with van der Waals surface area (Å²) in [7, 11) is 0. The second kappa shape index (κ2) is 11.9. The number of rotatable bonds is 7. The number of amides is 3. The molecule has 2 unspecified atom stereocenters. The van der Waals surface area contributed by atoms with Gasteiger partial charge in [-0.25, -0.2) is 23.5 Å². The highest BCUT2D eigenvalue weighted by atomic mass is 32.2. The Balaban J connectivity index is 1.83. The summed E-state index contributed by atoms with van der Waals surface area (Å²) < 4.78 is 31.3. The third kappa shape index (κ3) is 5.12. The number of halogens is 2. The van der Waals surface area contributed by atoms with Crippen molar-refractivity contribution in [3.05, 3.63) is 78.0 Å². The van der Waals surface area contributed by atoms with Crippen LogP contribution in [0, 0.1) is 11.6 Å². The maximum Gasteiger partial charge on any atom is 0.325 e. The highest BCUT2D eigenvalue weighted by Crippen LogP contribution is 2.48. The van der Waals surface area contributed by atoms with E-state index in [-0.39, 0.29) is 17.8 Å². The number of hydrogen-bond donors (Lipinski definition) is 2. The number of fused-ring (bicyclic) bond motifs is 1. The van der Waals surface area contributed by atoms with Crippen molar-refractivity contribution in [3.63, 3.8) is 0 Å². The Labute approximate surface area is 253 Å². The lowest BCUT2D eigenvalue weighted by Crippen LogP contribution is -2.70. The number of aromatic hydroxyl groups is 1. The van der Waals surface area contributed by atoms with Crippen molar-refractivity contribution >= 4 is 29.5 Å². The average molecular weight is 609 g/mol. The molecule has 1 saturated heterocycles. The third-order valence-corrected chi connectivity index (χ3v) is 8.70. The Bertz CT molecular complexity index is 1570. The molecule has 12 heteroatoms. The van der Waals surface area contributed by atoms with Crippen molar-refractivity contribution in [2.24, 2.45) is 0 Å². The first kappa shape index (κ1) is 30.4. The van der Waals surface area contributed by atoms with E-state index in [1.54, 1.807) is 31.0 Å². The van der Waals surface area contributed by atoms with E-state index in [1.807, 2.05) is 24.8 Å². The van der Waals surface area contributed by atoms with Gasteiger partial charge < -0.3 is 15.3 Å². The smallest absolute Gasteiger partial charge is 0.325 e. The molecule has 2 atom stereocenters. The Kier molecular flexibility index (Phi) is 8.44. The van der Waals surface area contributed by atoms with Crippen molar-refractivity contribution in [2.75, 3.05) is 30.3 Å². The number of carbonyl (C=O) groups is 2. The number of phenolic OH excluding ortho intramolecular Hbond substituents is 1. The molecule has 5 rings (SSSR count).